The third-order valence-electron chi connectivity index (χ3n) is 7.11. The molecule has 1 saturated heterocycles. The second-order valence-corrected chi connectivity index (χ2v) is 11.3. The van der Waals surface area contributed by atoms with Gasteiger partial charge in [0.05, 0.1) is 24.6 Å². The minimum Gasteiger partial charge on any atom is -0.492 e. The van der Waals surface area contributed by atoms with Crippen LogP contribution in [-0.4, -0.2) is 65.9 Å². The monoisotopic (exact) mass is 555 g/mol. The van der Waals surface area contributed by atoms with Crippen molar-refractivity contribution in [3.8, 4) is 11.4 Å². The van der Waals surface area contributed by atoms with Gasteiger partial charge in [-0.05, 0) is 31.2 Å². The Morgan fingerprint density at radius 2 is 1.61 bits per heavy atom. The summed E-state index contributed by atoms with van der Waals surface area (Å²) in [6.07, 6.45) is 0. The van der Waals surface area contributed by atoms with Crippen molar-refractivity contribution >= 4 is 34.1 Å². The molecule has 0 radical (unpaired) electrons. The van der Waals surface area contributed by atoms with Gasteiger partial charge < -0.3 is 20.1 Å². The molecule has 1 aliphatic rings. The van der Waals surface area contributed by atoms with Crippen LogP contribution < -0.4 is 15.4 Å². The first kappa shape index (κ1) is 28.3. The number of ether oxygens (including phenoxy) is 2. The molecule has 0 saturated carbocycles. The number of amides is 2. The summed E-state index contributed by atoms with van der Waals surface area (Å²) >= 11 is 0. The van der Waals surface area contributed by atoms with Gasteiger partial charge in [-0.3, -0.25) is 14.5 Å². The quantitative estimate of drug-likeness (QED) is 0.314. The van der Waals surface area contributed by atoms with E-state index in [4.69, 9.17) is 14.6 Å². The normalized spacial score (nSPS) is 14.1. The third-order valence-corrected chi connectivity index (χ3v) is 7.11. The standard InChI is InChI=1S/C32H37N5O4/c1-22-9-11-23(12-10-22)37-29(21-28(35-37)32(2,3)4)34-31(39)30(38)33-26-13-14-27(25-8-6-5-7-24(25)26)41-20-17-36-15-18-40-19-16-36/h5-14,21H,15-20H2,1-4H3,(H,33,38)(H,34,39). The first-order valence-electron chi connectivity index (χ1n) is 13.9. The highest BCUT2D eigenvalue weighted by Crippen LogP contribution is 2.32. The molecule has 2 N–H and O–H groups in total. The number of rotatable bonds is 7. The lowest BCUT2D eigenvalue weighted by atomic mass is 9.92. The SMILES string of the molecule is Cc1ccc(-n2nc(C(C)(C)C)cc2NC(=O)C(=O)Nc2ccc(OCCN3CCOCC3)c3ccccc23)cc1. The van der Waals surface area contributed by atoms with Gasteiger partial charge in [0.2, 0.25) is 0 Å². The van der Waals surface area contributed by atoms with Crippen LogP contribution in [0, 0.1) is 6.92 Å². The van der Waals surface area contributed by atoms with E-state index in [1.165, 1.54) is 0 Å². The zero-order valence-corrected chi connectivity index (χ0v) is 24.1. The van der Waals surface area contributed by atoms with Crippen LogP contribution in [0.25, 0.3) is 16.5 Å². The van der Waals surface area contributed by atoms with Gasteiger partial charge in [0.15, 0.2) is 0 Å². The Hall–Kier alpha value is -4.21. The first-order chi connectivity index (χ1) is 19.7. The average molecular weight is 556 g/mol. The van der Waals surface area contributed by atoms with E-state index in [9.17, 15) is 9.59 Å². The van der Waals surface area contributed by atoms with Crippen LogP contribution in [0.1, 0.15) is 32.0 Å². The fourth-order valence-corrected chi connectivity index (χ4v) is 4.69. The smallest absolute Gasteiger partial charge is 0.315 e. The maximum atomic E-state index is 13.1. The van der Waals surface area contributed by atoms with Crippen molar-refractivity contribution in [3.05, 3.63) is 78.0 Å². The van der Waals surface area contributed by atoms with Crippen LogP contribution >= 0.6 is 0 Å². The molecule has 0 spiro atoms. The zero-order valence-electron chi connectivity index (χ0n) is 24.1. The van der Waals surface area contributed by atoms with Crippen LogP contribution in [0.5, 0.6) is 5.75 Å². The van der Waals surface area contributed by atoms with Crippen LogP contribution in [0.15, 0.2) is 66.7 Å². The van der Waals surface area contributed by atoms with Crippen molar-refractivity contribution in [2.45, 2.75) is 33.1 Å². The number of aromatic nitrogens is 2. The van der Waals surface area contributed by atoms with Gasteiger partial charge in [-0.1, -0.05) is 62.7 Å². The largest absolute Gasteiger partial charge is 0.492 e. The number of nitrogens with zero attached hydrogens (tertiary/aromatic N) is 3. The van der Waals surface area contributed by atoms with Gasteiger partial charge in [0, 0.05) is 47.6 Å². The summed E-state index contributed by atoms with van der Waals surface area (Å²) in [6.45, 7) is 12.8. The van der Waals surface area contributed by atoms with Gasteiger partial charge in [0.25, 0.3) is 0 Å². The number of aryl methyl sites for hydroxylation is 1. The first-order valence-corrected chi connectivity index (χ1v) is 13.9. The van der Waals surface area contributed by atoms with Crippen molar-refractivity contribution in [3.63, 3.8) is 0 Å². The topological polar surface area (TPSA) is 97.7 Å². The van der Waals surface area contributed by atoms with E-state index in [0.717, 1.165) is 66.3 Å². The van der Waals surface area contributed by atoms with Crippen molar-refractivity contribution in [1.82, 2.24) is 14.7 Å². The van der Waals surface area contributed by atoms with Crippen molar-refractivity contribution in [2.24, 2.45) is 0 Å². The van der Waals surface area contributed by atoms with E-state index in [1.807, 2.05) is 88.4 Å². The molecule has 41 heavy (non-hydrogen) atoms. The lowest BCUT2D eigenvalue weighted by molar-refractivity contribution is -0.133. The fourth-order valence-electron chi connectivity index (χ4n) is 4.69. The van der Waals surface area contributed by atoms with Gasteiger partial charge in [0.1, 0.15) is 18.2 Å². The van der Waals surface area contributed by atoms with Gasteiger partial charge in [-0.25, -0.2) is 4.68 Å². The summed E-state index contributed by atoms with van der Waals surface area (Å²) in [7, 11) is 0. The number of nitrogens with one attached hydrogen (secondary N) is 2. The zero-order chi connectivity index (χ0) is 29.0. The molecule has 0 atom stereocenters. The Bertz CT molecular complexity index is 1530. The Balaban J connectivity index is 1.31. The number of carbonyl (C=O) groups excluding carboxylic acids is 2. The molecule has 1 aromatic heterocycles. The number of morpholine rings is 1. The Morgan fingerprint density at radius 1 is 0.927 bits per heavy atom. The molecule has 1 fully saturated rings. The van der Waals surface area contributed by atoms with Crippen LogP contribution in [-0.2, 0) is 19.7 Å². The second kappa shape index (κ2) is 12.1. The van der Waals surface area contributed by atoms with E-state index >= 15 is 0 Å². The molecule has 4 aromatic rings. The molecule has 9 heteroatoms. The molecule has 9 nitrogen and oxygen atoms in total. The molecule has 2 heterocycles. The van der Waals surface area contributed by atoms with Gasteiger partial charge in [-0.15, -0.1) is 0 Å². The molecule has 5 rings (SSSR count). The average Bonchev–Trinajstić information content (AvgIpc) is 3.39. The van der Waals surface area contributed by atoms with Crippen molar-refractivity contribution in [1.29, 1.82) is 0 Å². The minimum atomic E-state index is -0.784. The number of carbonyl (C=O) groups is 2. The summed E-state index contributed by atoms with van der Waals surface area (Å²) in [6, 6.07) is 20.9. The second-order valence-electron chi connectivity index (χ2n) is 11.3. The van der Waals surface area contributed by atoms with E-state index < -0.39 is 11.8 Å². The molecular weight excluding hydrogens is 518 g/mol. The predicted octanol–water partition coefficient (Wildman–Crippen LogP) is 4.92. The summed E-state index contributed by atoms with van der Waals surface area (Å²) in [4.78, 5) is 28.5. The number of anilines is 2. The maximum Gasteiger partial charge on any atom is 0.315 e. The molecule has 214 valence electrons. The highest BCUT2D eigenvalue weighted by atomic mass is 16.5. The lowest BCUT2D eigenvalue weighted by Gasteiger charge is -2.26. The summed E-state index contributed by atoms with van der Waals surface area (Å²) in [5.74, 6) is -0.403. The molecule has 0 unspecified atom stereocenters. The molecule has 2 amide bonds. The summed E-state index contributed by atoms with van der Waals surface area (Å²) in [5, 5.41) is 11.9. The van der Waals surface area contributed by atoms with Gasteiger partial charge in [-0.2, -0.15) is 5.10 Å². The van der Waals surface area contributed by atoms with Crippen LogP contribution in [0.2, 0.25) is 0 Å². The molecule has 3 aromatic carbocycles. The van der Waals surface area contributed by atoms with E-state index in [2.05, 4.69) is 15.5 Å². The Kier molecular flexibility index (Phi) is 8.37. The number of benzene rings is 3. The third kappa shape index (κ3) is 6.75. The molecule has 0 aliphatic carbocycles. The lowest BCUT2D eigenvalue weighted by Crippen LogP contribution is -2.38. The van der Waals surface area contributed by atoms with E-state index in [-0.39, 0.29) is 5.41 Å². The Labute approximate surface area is 240 Å². The number of hydrogen-bond donors (Lipinski definition) is 2. The Morgan fingerprint density at radius 3 is 2.32 bits per heavy atom. The van der Waals surface area contributed by atoms with Crippen molar-refractivity contribution < 1.29 is 19.1 Å². The molecular formula is C32H37N5O4. The molecule has 1 aliphatic heterocycles. The number of fused-ring (bicyclic) bond motifs is 1. The molecule has 0 bridgehead atoms. The van der Waals surface area contributed by atoms with E-state index in [1.54, 1.807) is 10.7 Å². The van der Waals surface area contributed by atoms with Crippen LogP contribution in [0.3, 0.4) is 0 Å². The van der Waals surface area contributed by atoms with Gasteiger partial charge >= 0.3 is 11.8 Å². The highest BCUT2D eigenvalue weighted by Gasteiger charge is 2.24. The summed E-state index contributed by atoms with van der Waals surface area (Å²) in [5.41, 5.74) is 2.98. The summed E-state index contributed by atoms with van der Waals surface area (Å²) < 4.78 is 13.2. The van der Waals surface area contributed by atoms with Crippen molar-refractivity contribution in [2.75, 3.05) is 50.1 Å². The highest BCUT2D eigenvalue weighted by molar-refractivity contribution is 6.44. The maximum absolute atomic E-state index is 13.1. The minimum absolute atomic E-state index is 0.247. The number of hydrogen-bond acceptors (Lipinski definition) is 6. The predicted molar refractivity (Wildman–Crippen MR) is 161 cm³/mol. The van der Waals surface area contributed by atoms with E-state index in [0.29, 0.717) is 18.1 Å². The van der Waals surface area contributed by atoms with Crippen LogP contribution in [0.4, 0.5) is 11.5 Å². The fraction of sp³-hybridized carbons (Fsp3) is 0.344.